The maximum absolute atomic E-state index is 5.77. The number of unbranched alkanes of at least 4 members (excludes halogenated alkanes) is 1. The molecule has 2 rings (SSSR count). The number of hydrogen-bond acceptors (Lipinski definition) is 1. The predicted molar refractivity (Wildman–Crippen MR) is 105 cm³/mol. The molecule has 0 aromatic heterocycles. The fraction of sp³-hybridized carbons (Fsp3) is 0.391. The van der Waals surface area contributed by atoms with Gasteiger partial charge in [0.1, 0.15) is 5.75 Å². The Morgan fingerprint density at radius 3 is 2.00 bits per heavy atom. The Bertz CT molecular complexity index is 633. The van der Waals surface area contributed by atoms with Crippen molar-refractivity contribution in [2.45, 2.75) is 52.4 Å². The summed E-state index contributed by atoms with van der Waals surface area (Å²) in [5.41, 5.74) is 3.88. The first-order valence-corrected chi connectivity index (χ1v) is 9.08. The number of hydrogen-bond donors (Lipinski definition) is 0. The molecule has 0 heterocycles. The molecular formula is C23H30O. The van der Waals surface area contributed by atoms with Crippen molar-refractivity contribution < 1.29 is 4.74 Å². The summed E-state index contributed by atoms with van der Waals surface area (Å²) in [6.45, 7) is 9.68. The van der Waals surface area contributed by atoms with Gasteiger partial charge in [-0.3, -0.25) is 0 Å². The lowest BCUT2D eigenvalue weighted by molar-refractivity contribution is 0.309. The van der Waals surface area contributed by atoms with Crippen LogP contribution in [-0.4, -0.2) is 6.61 Å². The summed E-state index contributed by atoms with van der Waals surface area (Å²) >= 11 is 0. The number of benzene rings is 2. The molecule has 24 heavy (non-hydrogen) atoms. The van der Waals surface area contributed by atoms with Crippen molar-refractivity contribution in [3.63, 3.8) is 0 Å². The molecule has 0 aliphatic carbocycles. The van der Waals surface area contributed by atoms with Gasteiger partial charge in [-0.05, 0) is 41.7 Å². The van der Waals surface area contributed by atoms with Crippen LogP contribution in [0.1, 0.15) is 63.6 Å². The summed E-state index contributed by atoms with van der Waals surface area (Å²) in [5.74, 6) is 0.961. The third kappa shape index (κ3) is 4.74. The second kappa shape index (κ2) is 8.73. The first-order valence-electron chi connectivity index (χ1n) is 9.08. The molecule has 0 fully saturated rings. The van der Waals surface area contributed by atoms with E-state index in [9.17, 15) is 0 Å². The highest BCUT2D eigenvalue weighted by molar-refractivity contribution is 5.51. The minimum atomic E-state index is -0.0189. The summed E-state index contributed by atoms with van der Waals surface area (Å²) < 4.78 is 5.77. The zero-order valence-corrected chi connectivity index (χ0v) is 15.5. The normalized spacial score (nSPS) is 11.8. The molecule has 0 spiro atoms. The van der Waals surface area contributed by atoms with Crippen molar-refractivity contribution in [1.82, 2.24) is 0 Å². The molecule has 0 bridgehead atoms. The van der Waals surface area contributed by atoms with Crippen LogP contribution >= 0.6 is 0 Å². The number of allylic oxidation sites excluding steroid dienone is 1. The molecule has 128 valence electrons. The maximum atomic E-state index is 5.77. The number of ether oxygens (including phenoxy) is 1. The van der Waals surface area contributed by atoms with Gasteiger partial charge in [-0.2, -0.15) is 0 Å². The van der Waals surface area contributed by atoms with Gasteiger partial charge in [0.2, 0.25) is 0 Å². The van der Waals surface area contributed by atoms with E-state index in [0.29, 0.717) is 0 Å². The van der Waals surface area contributed by atoms with Crippen molar-refractivity contribution in [2.75, 3.05) is 6.61 Å². The molecule has 0 atom stereocenters. The molecule has 0 saturated heterocycles. The Balaban J connectivity index is 2.12. The van der Waals surface area contributed by atoms with Crippen LogP contribution in [0.25, 0.3) is 6.08 Å². The summed E-state index contributed by atoms with van der Waals surface area (Å²) in [5, 5.41) is 0. The van der Waals surface area contributed by atoms with E-state index in [0.717, 1.165) is 31.6 Å². The van der Waals surface area contributed by atoms with Gasteiger partial charge in [-0.1, -0.05) is 82.7 Å². The summed E-state index contributed by atoms with van der Waals surface area (Å²) in [4.78, 5) is 0. The predicted octanol–water partition coefficient (Wildman–Crippen LogP) is 6.61. The van der Waals surface area contributed by atoms with Crippen molar-refractivity contribution in [2.24, 2.45) is 0 Å². The van der Waals surface area contributed by atoms with E-state index in [1.807, 2.05) is 0 Å². The molecule has 0 amide bonds. The topological polar surface area (TPSA) is 9.23 Å². The highest BCUT2D eigenvalue weighted by atomic mass is 16.5. The minimum Gasteiger partial charge on any atom is -0.494 e. The SMILES string of the molecule is CCC=Cc1ccc(C(C)(C)c2ccc(OCCCC)cc2)cc1. The van der Waals surface area contributed by atoms with Gasteiger partial charge in [0.15, 0.2) is 0 Å². The zero-order chi connectivity index (χ0) is 17.4. The lowest BCUT2D eigenvalue weighted by Gasteiger charge is -2.26. The first-order chi connectivity index (χ1) is 11.6. The van der Waals surface area contributed by atoms with E-state index in [1.165, 1.54) is 16.7 Å². The van der Waals surface area contributed by atoms with Gasteiger partial charge in [-0.15, -0.1) is 0 Å². The fourth-order valence-corrected chi connectivity index (χ4v) is 2.73. The smallest absolute Gasteiger partial charge is 0.119 e. The van der Waals surface area contributed by atoms with E-state index in [4.69, 9.17) is 4.74 Å². The van der Waals surface area contributed by atoms with Crippen LogP contribution in [0.3, 0.4) is 0 Å². The fourth-order valence-electron chi connectivity index (χ4n) is 2.73. The largest absolute Gasteiger partial charge is 0.494 e. The number of rotatable bonds is 8. The molecular weight excluding hydrogens is 292 g/mol. The monoisotopic (exact) mass is 322 g/mol. The Morgan fingerprint density at radius 1 is 0.875 bits per heavy atom. The van der Waals surface area contributed by atoms with Crippen LogP contribution < -0.4 is 4.74 Å². The lowest BCUT2D eigenvalue weighted by Crippen LogP contribution is -2.18. The molecule has 0 saturated carbocycles. The van der Waals surface area contributed by atoms with E-state index in [2.05, 4.69) is 88.4 Å². The van der Waals surface area contributed by atoms with E-state index >= 15 is 0 Å². The molecule has 2 aromatic carbocycles. The van der Waals surface area contributed by atoms with Gasteiger partial charge >= 0.3 is 0 Å². The minimum absolute atomic E-state index is 0.0189. The first kappa shape index (κ1) is 18.3. The van der Waals surface area contributed by atoms with Gasteiger partial charge in [-0.25, -0.2) is 0 Å². The van der Waals surface area contributed by atoms with Crippen LogP contribution in [0.15, 0.2) is 54.6 Å². The van der Waals surface area contributed by atoms with Crippen LogP contribution in [-0.2, 0) is 5.41 Å². The Morgan fingerprint density at radius 2 is 1.46 bits per heavy atom. The van der Waals surface area contributed by atoms with Gasteiger partial charge < -0.3 is 4.74 Å². The summed E-state index contributed by atoms with van der Waals surface area (Å²) in [6, 6.07) is 17.4. The Labute approximate surface area is 147 Å². The average molecular weight is 322 g/mol. The van der Waals surface area contributed by atoms with E-state index < -0.39 is 0 Å². The van der Waals surface area contributed by atoms with E-state index in [1.54, 1.807) is 0 Å². The standard InChI is InChI=1S/C23H30O/c1-5-7-9-19-10-12-20(13-11-19)23(3,4)21-14-16-22(17-15-21)24-18-8-6-2/h7,9-17H,5-6,8,18H2,1-4H3. The summed E-state index contributed by atoms with van der Waals surface area (Å²) in [7, 11) is 0. The second-order valence-corrected chi connectivity index (χ2v) is 6.78. The third-order valence-corrected chi connectivity index (χ3v) is 4.52. The third-order valence-electron chi connectivity index (χ3n) is 4.52. The highest BCUT2D eigenvalue weighted by Crippen LogP contribution is 2.32. The van der Waals surface area contributed by atoms with Crippen LogP contribution in [0.2, 0.25) is 0 Å². The van der Waals surface area contributed by atoms with Crippen LogP contribution in [0, 0.1) is 0 Å². The van der Waals surface area contributed by atoms with Crippen LogP contribution in [0.4, 0.5) is 0 Å². The Kier molecular flexibility index (Phi) is 6.66. The van der Waals surface area contributed by atoms with Crippen LogP contribution in [0.5, 0.6) is 5.75 Å². The molecule has 0 N–H and O–H groups in total. The van der Waals surface area contributed by atoms with Gasteiger partial charge in [0.25, 0.3) is 0 Å². The maximum Gasteiger partial charge on any atom is 0.119 e. The molecule has 0 unspecified atom stereocenters. The summed E-state index contributed by atoms with van der Waals surface area (Å²) in [6.07, 6.45) is 7.71. The van der Waals surface area contributed by atoms with Crippen molar-refractivity contribution in [3.8, 4) is 5.75 Å². The van der Waals surface area contributed by atoms with Crippen molar-refractivity contribution >= 4 is 6.08 Å². The molecule has 1 nitrogen and oxygen atoms in total. The molecule has 0 radical (unpaired) electrons. The molecule has 1 heteroatoms. The quantitative estimate of drug-likeness (QED) is 0.496. The zero-order valence-electron chi connectivity index (χ0n) is 15.5. The van der Waals surface area contributed by atoms with Gasteiger partial charge in [0, 0.05) is 5.41 Å². The van der Waals surface area contributed by atoms with Crippen molar-refractivity contribution in [1.29, 1.82) is 0 Å². The average Bonchev–Trinajstić information content (AvgIpc) is 2.61. The second-order valence-electron chi connectivity index (χ2n) is 6.78. The molecule has 0 aliphatic heterocycles. The molecule has 2 aromatic rings. The Hall–Kier alpha value is -2.02. The highest BCUT2D eigenvalue weighted by Gasteiger charge is 2.22. The van der Waals surface area contributed by atoms with Gasteiger partial charge in [0.05, 0.1) is 6.61 Å². The van der Waals surface area contributed by atoms with Crippen molar-refractivity contribution in [3.05, 3.63) is 71.3 Å². The van der Waals surface area contributed by atoms with E-state index in [-0.39, 0.29) is 5.41 Å². The lowest BCUT2D eigenvalue weighted by atomic mass is 9.78. The molecule has 0 aliphatic rings.